The number of benzene rings is 1. The fourth-order valence-corrected chi connectivity index (χ4v) is 4.24. The fraction of sp³-hybridized carbons (Fsp3) is 0.500. The lowest BCUT2D eigenvalue weighted by molar-refractivity contribution is -0.124. The number of nitrogens with zero attached hydrogens (tertiary/aromatic N) is 5. The van der Waals surface area contributed by atoms with Crippen LogP contribution in [0.1, 0.15) is 6.42 Å². The van der Waals surface area contributed by atoms with Gasteiger partial charge >= 0.3 is 0 Å². The molecule has 2 aliphatic heterocycles. The van der Waals surface area contributed by atoms with Gasteiger partial charge in [-0.25, -0.2) is 9.07 Å². The molecule has 2 saturated heterocycles. The maximum absolute atomic E-state index is 14.0. The second-order valence-electron chi connectivity index (χ2n) is 8.18. The second-order valence-corrected chi connectivity index (χ2v) is 8.18. The van der Waals surface area contributed by atoms with Gasteiger partial charge in [0.1, 0.15) is 5.82 Å². The SMILES string of the molecule is Cn1ncc(N2CCC(C(=O)NCCN3CCN(c4ccccc4F)CC3)C2)cc1=O. The number of amides is 1. The number of carbonyl (C=O) groups is 1. The number of aromatic nitrogens is 2. The number of para-hydroxylation sites is 1. The third kappa shape index (κ3) is 5.04. The van der Waals surface area contributed by atoms with Gasteiger partial charge in [0, 0.05) is 65.5 Å². The molecule has 0 radical (unpaired) electrons. The monoisotopic (exact) mass is 428 g/mol. The summed E-state index contributed by atoms with van der Waals surface area (Å²) in [6.07, 6.45) is 2.44. The summed E-state index contributed by atoms with van der Waals surface area (Å²) in [6, 6.07) is 8.44. The Hall–Kier alpha value is -2.94. The molecule has 2 fully saturated rings. The van der Waals surface area contributed by atoms with Gasteiger partial charge < -0.3 is 15.1 Å². The highest BCUT2D eigenvalue weighted by Gasteiger charge is 2.29. The Labute approximate surface area is 181 Å². The number of rotatable bonds is 6. The summed E-state index contributed by atoms with van der Waals surface area (Å²) < 4.78 is 15.2. The molecule has 1 aromatic carbocycles. The molecule has 2 aliphatic rings. The Kier molecular flexibility index (Phi) is 6.50. The summed E-state index contributed by atoms with van der Waals surface area (Å²) in [7, 11) is 1.62. The number of hydrogen-bond acceptors (Lipinski definition) is 6. The quantitative estimate of drug-likeness (QED) is 0.730. The molecular formula is C22H29FN6O2. The summed E-state index contributed by atoms with van der Waals surface area (Å²) in [6.45, 7) is 5.96. The highest BCUT2D eigenvalue weighted by molar-refractivity contribution is 5.80. The van der Waals surface area contributed by atoms with Gasteiger partial charge in [0.25, 0.3) is 5.56 Å². The summed E-state index contributed by atoms with van der Waals surface area (Å²) in [5.74, 6) is -0.202. The van der Waals surface area contributed by atoms with Gasteiger partial charge in [-0.2, -0.15) is 5.10 Å². The predicted molar refractivity (Wildman–Crippen MR) is 118 cm³/mol. The first-order valence-electron chi connectivity index (χ1n) is 10.8. The molecule has 0 spiro atoms. The van der Waals surface area contributed by atoms with Crippen molar-refractivity contribution in [2.75, 3.05) is 62.2 Å². The van der Waals surface area contributed by atoms with Crippen molar-refractivity contribution in [3.8, 4) is 0 Å². The molecule has 0 saturated carbocycles. The Bertz CT molecular complexity index is 972. The first kappa shape index (κ1) is 21.3. The van der Waals surface area contributed by atoms with Gasteiger partial charge in [-0.3, -0.25) is 14.5 Å². The van der Waals surface area contributed by atoms with Crippen molar-refractivity contribution in [2.45, 2.75) is 6.42 Å². The van der Waals surface area contributed by atoms with Crippen molar-refractivity contribution in [1.82, 2.24) is 20.0 Å². The molecule has 4 rings (SSSR count). The average Bonchev–Trinajstić information content (AvgIpc) is 3.27. The number of aryl methyl sites for hydroxylation is 1. The van der Waals surface area contributed by atoms with E-state index >= 15 is 0 Å². The molecule has 1 N–H and O–H groups in total. The summed E-state index contributed by atoms with van der Waals surface area (Å²) in [4.78, 5) is 30.8. The van der Waals surface area contributed by atoms with Crippen LogP contribution in [-0.2, 0) is 11.8 Å². The molecule has 2 aromatic rings. The Morgan fingerprint density at radius 1 is 1.16 bits per heavy atom. The van der Waals surface area contributed by atoms with Crippen LogP contribution in [0.4, 0.5) is 15.8 Å². The Balaban J connectivity index is 1.18. The van der Waals surface area contributed by atoms with Gasteiger partial charge in [0.15, 0.2) is 0 Å². The molecule has 1 atom stereocenters. The van der Waals surface area contributed by atoms with Crippen molar-refractivity contribution >= 4 is 17.3 Å². The first-order chi connectivity index (χ1) is 15.0. The molecule has 8 nitrogen and oxygen atoms in total. The van der Waals surface area contributed by atoms with Crippen LogP contribution in [-0.4, -0.2) is 72.9 Å². The molecule has 31 heavy (non-hydrogen) atoms. The van der Waals surface area contributed by atoms with Gasteiger partial charge in [-0.15, -0.1) is 0 Å². The number of nitrogens with one attached hydrogen (secondary N) is 1. The lowest BCUT2D eigenvalue weighted by atomic mass is 10.1. The van der Waals surface area contributed by atoms with Crippen LogP contribution in [0, 0.1) is 11.7 Å². The van der Waals surface area contributed by atoms with E-state index in [0.29, 0.717) is 18.8 Å². The number of halogens is 1. The Morgan fingerprint density at radius 2 is 1.94 bits per heavy atom. The molecule has 166 valence electrons. The largest absolute Gasteiger partial charge is 0.369 e. The molecule has 0 aliphatic carbocycles. The molecule has 0 bridgehead atoms. The molecule has 1 aromatic heterocycles. The van der Waals surface area contributed by atoms with Crippen LogP contribution in [0.25, 0.3) is 0 Å². The van der Waals surface area contributed by atoms with E-state index in [1.807, 2.05) is 17.0 Å². The van der Waals surface area contributed by atoms with Crippen molar-refractivity contribution < 1.29 is 9.18 Å². The normalized spacial score (nSPS) is 19.6. The molecule has 1 amide bonds. The van der Waals surface area contributed by atoms with Gasteiger partial charge in [-0.05, 0) is 18.6 Å². The summed E-state index contributed by atoms with van der Waals surface area (Å²) >= 11 is 0. The summed E-state index contributed by atoms with van der Waals surface area (Å²) in [5, 5.41) is 7.11. The lowest BCUT2D eigenvalue weighted by Crippen LogP contribution is -2.49. The fourth-order valence-electron chi connectivity index (χ4n) is 4.24. The number of carbonyl (C=O) groups excluding carboxylic acids is 1. The van der Waals surface area contributed by atoms with Gasteiger partial charge in [0.05, 0.1) is 23.5 Å². The van der Waals surface area contributed by atoms with Crippen LogP contribution in [0.2, 0.25) is 0 Å². The van der Waals surface area contributed by atoms with Gasteiger partial charge in [0.2, 0.25) is 5.91 Å². The third-order valence-corrected chi connectivity index (χ3v) is 6.17. The van der Waals surface area contributed by atoms with Crippen molar-refractivity contribution in [2.24, 2.45) is 13.0 Å². The lowest BCUT2D eigenvalue weighted by Gasteiger charge is -2.36. The van der Waals surface area contributed by atoms with E-state index in [4.69, 9.17) is 0 Å². The van der Waals surface area contributed by atoms with Gasteiger partial charge in [-0.1, -0.05) is 12.1 Å². The molecule has 9 heteroatoms. The zero-order valence-electron chi connectivity index (χ0n) is 17.8. The standard InChI is InChI=1S/C22H29FN6O2/c1-26-21(30)14-18(15-25-26)29-8-6-17(16-29)22(31)24-7-9-27-10-12-28(13-11-27)20-5-3-2-4-19(20)23/h2-5,14-15,17H,6-13,16H2,1H3,(H,24,31). The summed E-state index contributed by atoms with van der Waals surface area (Å²) in [5.41, 5.74) is 1.28. The van der Waals surface area contributed by atoms with Crippen molar-refractivity contribution in [3.63, 3.8) is 0 Å². The highest BCUT2D eigenvalue weighted by Crippen LogP contribution is 2.22. The molecular weight excluding hydrogens is 399 g/mol. The van der Waals surface area contributed by atoms with E-state index in [1.54, 1.807) is 25.4 Å². The van der Waals surface area contributed by atoms with Crippen LogP contribution in [0.3, 0.4) is 0 Å². The minimum Gasteiger partial charge on any atom is -0.369 e. The van der Waals surface area contributed by atoms with E-state index < -0.39 is 0 Å². The second kappa shape index (κ2) is 9.47. The maximum Gasteiger partial charge on any atom is 0.268 e. The topological polar surface area (TPSA) is 73.7 Å². The predicted octanol–water partition coefficient (Wildman–Crippen LogP) is 0.684. The van der Waals surface area contributed by atoms with E-state index in [9.17, 15) is 14.0 Å². The number of hydrogen-bond donors (Lipinski definition) is 1. The van der Waals surface area contributed by atoms with E-state index in [2.05, 4.69) is 20.2 Å². The third-order valence-electron chi connectivity index (χ3n) is 6.17. The van der Waals surface area contributed by atoms with Crippen molar-refractivity contribution in [1.29, 1.82) is 0 Å². The molecule has 3 heterocycles. The van der Waals surface area contributed by atoms with Crippen LogP contribution in [0.15, 0.2) is 41.3 Å². The minimum atomic E-state index is -0.180. The zero-order valence-corrected chi connectivity index (χ0v) is 17.8. The number of piperazine rings is 1. The highest BCUT2D eigenvalue weighted by atomic mass is 19.1. The average molecular weight is 429 g/mol. The Morgan fingerprint density at radius 3 is 2.68 bits per heavy atom. The smallest absolute Gasteiger partial charge is 0.268 e. The van der Waals surface area contributed by atoms with Crippen LogP contribution < -0.4 is 20.7 Å². The first-order valence-corrected chi connectivity index (χ1v) is 10.8. The van der Waals surface area contributed by atoms with E-state index in [0.717, 1.165) is 51.4 Å². The zero-order chi connectivity index (χ0) is 21.8. The van der Waals surface area contributed by atoms with Crippen LogP contribution in [0.5, 0.6) is 0 Å². The maximum atomic E-state index is 14.0. The molecule has 1 unspecified atom stereocenters. The minimum absolute atomic E-state index is 0.0595. The van der Waals surface area contributed by atoms with E-state index in [-0.39, 0.29) is 23.2 Å². The van der Waals surface area contributed by atoms with Crippen LogP contribution >= 0.6 is 0 Å². The number of anilines is 2. The van der Waals surface area contributed by atoms with E-state index in [1.165, 1.54) is 10.7 Å². The van der Waals surface area contributed by atoms with Crippen molar-refractivity contribution in [3.05, 3.63) is 52.7 Å².